The predicted octanol–water partition coefficient (Wildman–Crippen LogP) is 5.77. The minimum absolute atomic E-state index is 0.00904. The number of carbonyl (C=O) groups is 1. The molecule has 1 N–H and O–H groups in total. The summed E-state index contributed by atoms with van der Waals surface area (Å²) < 4.78 is 36.1. The molecule has 41 heavy (non-hydrogen) atoms. The van der Waals surface area contributed by atoms with E-state index in [2.05, 4.69) is 9.97 Å². The van der Waals surface area contributed by atoms with Crippen LogP contribution in [0.4, 0.5) is 25.2 Å². The molecule has 0 spiro atoms. The summed E-state index contributed by atoms with van der Waals surface area (Å²) in [7, 11) is 3.49. The number of nitrogens with zero attached hydrogens (tertiary/aromatic N) is 6. The minimum Gasteiger partial charge on any atom is -0.497 e. The van der Waals surface area contributed by atoms with Crippen molar-refractivity contribution in [2.45, 2.75) is 26.4 Å². The second-order valence-corrected chi connectivity index (χ2v) is 10.5. The molecule has 5 rings (SSSR count). The third-order valence-corrected chi connectivity index (χ3v) is 7.49. The zero-order chi connectivity index (χ0) is 29.4. The summed E-state index contributed by atoms with van der Waals surface area (Å²) in [4.78, 5) is 28.8. The molecule has 0 radical (unpaired) electrons. The van der Waals surface area contributed by atoms with Crippen molar-refractivity contribution < 1.29 is 23.4 Å². The fraction of sp³-hybridized carbons (Fsp3) is 0.310. The van der Waals surface area contributed by atoms with E-state index in [-0.39, 0.29) is 58.7 Å². The number of anilines is 2. The molecule has 0 aliphatic carbocycles. The number of methoxy groups -OCH3 is 1. The van der Waals surface area contributed by atoms with Crippen LogP contribution in [0.15, 0.2) is 42.5 Å². The van der Waals surface area contributed by atoms with Crippen LogP contribution in [0, 0.1) is 18.8 Å². The number of pyridine rings is 1. The number of ether oxygens (including phenoxy) is 1. The van der Waals surface area contributed by atoms with Gasteiger partial charge in [0.15, 0.2) is 5.82 Å². The second-order valence-electron chi connectivity index (χ2n) is 10.1. The van der Waals surface area contributed by atoms with Gasteiger partial charge in [0, 0.05) is 44.7 Å². The zero-order valence-corrected chi connectivity index (χ0v) is 23.8. The van der Waals surface area contributed by atoms with E-state index in [1.807, 2.05) is 49.2 Å². The Kier molecular flexibility index (Phi) is 7.81. The van der Waals surface area contributed by atoms with Crippen molar-refractivity contribution in [2.75, 3.05) is 43.6 Å². The Labute approximate surface area is 241 Å². The highest BCUT2D eigenvalue weighted by Gasteiger charge is 2.30. The van der Waals surface area contributed by atoms with E-state index >= 15 is 4.39 Å². The molecule has 1 fully saturated rings. The first-order valence-corrected chi connectivity index (χ1v) is 13.4. The molecule has 2 aromatic carbocycles. The lowest BCUT2D eigenvalue weighted by Gasteiger charge is -2.39. The van der Waals surface area contributed by atoms with Gasteiger partial charge in [0.25, 0.3) is 0 Å². The summed E-state index contributed by atoms with van der Waals surface area (Å²) >= 11 is 6.68. The van der Waals surface area contributed by atoms with Crippen LogP contribution in [-0.4, -0.2) is 70.9 Å². The van der Waals surface area contributed by atoms with E-state index in [0.717, 1.165) is 16.9 Å². The quantitative estimate of drug-likeness (QED) is 0.287. The van der Waals surface area contributed by atoms with Gasteiger partial charge >= 0.3 is 12.2 Å². The van der Waals surface area contributed by atoms with Gasteiger partial charge in [-0.2, -0.15) is 14.4 Å². The fourth-order valence-corrected chi connectivity index (χ4v) is 5.40. The summed E-state index contributed by atoms with van der Waals surface area (Å²) in [6, 6.07) is 12.5. The fourth-order valence-electron chi connectivity index (χ4n) is 5.11. The van der Waals surface area contributed by atoms with Crippen LogP contribution >= 0.6 is 11.6 Å². The third-order valence-electron chi connectivity index (χ3n) is 7.19. The van der Waals surface area contributed by atoms with Gasteiger partial charge in [0.2, 0.25) is 0 Å². The molecule has 1 aliphatic rings. The Balaban J connectivity index is 1.53. The van der Waals surface area contributed by atoms with Gasteiger partial charge in [-0.15, -0.1) is 0 Å². The normalized spacial score (nSPS) is 15.3. The molecule has 0 bridgehead atoms. The Morgan fingerprint density at radius 1 is 1.15 bits per heavy atom. The van der Waals surface area contributed by atoms with Crippen LogP contribution in [0.5, 0.6) is 5.75 Å². The van der Waals surface area contributed by atoms with Gasteiger partial charge in [-0.3, -0.25) is 0 Å². The lowest BCUT2D eigenvalue weighted by Crippen LogP contribution is -2.53. The second kappa shape index (κ2) is 11.3. The molecule has 2 aromatic heterocycles. The molecular formula is C29H29ClF2N6O3. The molecule has 12 heteroatoms. The highest BCUT2D eigenvalue weighted by molar-refractivity contribution is 6.34. The molecule has 1 atom stereocenters. The molecule has 1 aliphatic heterocycles. The Hall–Kier alpha value is -4.25. The number of aromatic nitrogens is 3. The molecule has 1 amide bonds. The number of hydrogen-bond donors (Lipinski definition) is 1. The van der Waals surface area contributed by atoms with E-state index in [4.69, 9.17) is 21.3 Å². The maximum Gasteiger partial charge on any atom is 0.407 e. The minimum atomic E-state index is -1.09. The number of rotatable bonds is 6. The maximum absolute atomic E-state index is 16.2. The molecule has 9 nitrogen and oxygen atoms in total. The number of amides is 1. The van der Waals surface area contributed by atoms with E-state index in [1.54, 1.807) is 25.0 Å². The summed E-state index contributed by atoms with van der Waals surface area (Å²) in [5.41, 5.74) is 1.94. The summed E-state index contributed by atoms with van der Waals surface area (Å²) in [6.07, 6.45) is -2.13. The van der Waals surface area contributed by atoms with Crippen LogP contribution in [-0.2, 0) is 6.54 Å². The Bertz CT molecular complexity index is 1620. The predicted molar refractivity (Wildman–Crippen MR) is 154 cm³/mol. The molecule has 214 valence electrons. The van der Waals surface area contributed by atoms with Gasteiger partial charge in [0.1, 0.15) is 22.9 Å². The number of piperazine rings is 1. The standard InChI is InChI=1S/C29H29ClF2N6O3/c1-16-11-22(33-23(12-16)36(3)15-18-5-7-19(41-4)8-6-18)24-21(30)13-20-26(25(24)31)34-28(32)35-27(20)38-10-9-37(29(39)40)14-17(38)2/h5-8,11-13,17H,9-10,14-15H2,1-4H3,(H,39,40)/t17-/m0/s1. The first-order chi connectivity index (χ1) is 19.5. The number of halogens is 3. The average Bonchev–Trinajstić information content (AvgIpc) is 2.93. The van der Waals surface area contributed by atoms with Crippen LogP contribution < -0.4 is 14.5 Å². The highest BCUT2D eigenvalue weighted by atomic mass is 35.5. The van der Waals surface area contributed by atoms with Crippen LogP contribution in [0.1, 0.15) is 18.1 Å². The molecule has 0 unspecified atom stereocenters. The largest absolute Gasteiger partial charge is 0.497 e. The maximum atomic E-state index is 16.2. The van der Waals surface area contributed by atoms with Crippen LogP contribution in [0.2, 0.25) is 5.02 Å². The van der Waals surface area contributed by atoms with Gasteiger partial charge < -0.3 is 24.5 Å². The lowest BCUT2D eigenvalue weighted by molar-refractivity contribution is 0.136. The number of aryl methyl sites for hydroxylation is 1. The van der Waals surface area contributed by atoms with Crippen molar-refractivity contribution in [1.29, 1.82) is 0 Å². The van der Waals surface area contributed by atoms with Gasteiger partial charge in [0.05, 0.1) is 23.4 Å². The number of hydrogen-bond acceptors (Lipinski definition) is 7. The topological polar surface area (TPSA) is 94.9 Å². The smallest absolute Gasteiger partial charge is 0.407 e. The Morgan fingerprint density at radius 3 is 2.54 bits per heavy atom. The van der Waals surface area contributed by atoms with E-state index in [9.17, 15) is 14.3 Å². The van der Waals surface area contributed by atoms with E-state index < -0.39 is 18.0 Å². The van der Waals surface area contributed by atoms with E-state index in [0.29, 0.717) is 12.4 Å². The molecule has 3 heterocycles. The third kappa shape index (κ3) is 5.67. The summed E-state index contributed by atoms with van der Waals surface area (Å²) in [6.45, 7) is 4.86. The molecule has 1 saturated heterocycles. The number of carboxylic acid groups (broad SMARTS) is 1. The first kappa shape index (κ1) is 28.3. The van der Waals surface area contributed by atoms with Crippen LogP contribution in [0.25, 0.3) is 22.2 Å². The molecule has 0 saturated carbocycles. The van der Waals surface area contributed by atoms with E-state index in [1.165, 1.54) is 11.0 Å². The first-order valence-electron chi connectivity index (χ1n) is 13.0. The van der Waals surface area contributed by atoms with Gasteiger partial charge in [-0.25, -0.2) is 14.2 Å². The lowest BCUT2D eigenvalue weighted by atomic mass is 10.0. The molecule has 4 aromatic rings. The van der Waals surface area contributed by atoms with Crippen molar-refractivity contribution in [3.05, 3.63) is 70.5 Å². The number of benzene rings is 2. The zero-order valence-electron chi connectivity index (χ0n) is 23.0. The van der Waals surface area contributed by atoms with Gasteiger partial charge in [-0.05, 0) is 55.3 Å². The monoisotopic (exact) mass is 582 g/mol. The SMILES string of the molecule is COc1ccc(CN(C)c2cc(C)cc(-c3c(Cl)cc4c(N5CCN(C(=O)O)C[C@@H]5C)nc(F)nc4c3F)n2)cc1. The average molecular weight is 583 g/mol. The Morgan fingerprint density at radius 2 is 1.88 bits per heavy atom. The van der Waals surface area contributed by atoms with Crippen molar-refractivity contribution in [1.82, 2.24) is 19.9 Å². The van der Waals surface area contributed by atoms with Crippen molar-refractivity contribution in [3.63, 3.8) is 0 Å². The number of fused-ring (bicyclic) bond motifs is 1. The van der Waals surface area contributed by atoms with Gasteiger partial charge in [-0.1, -0.05) is 23.7 Å². The summed E-state index contributed by atoms with van der Waals surface area (Å²) in [5.74, 6) is 0.712. The van der Waals surface area contributed by atoms with Crippen molar-refractivity contribution >= 4 is 40.2 Å². The summed E-state index contributed by atoms with van der Waals surface area (Å²) in [5, 5.41) is 9.66. The molecular weight excluding hydrogens is 554 g/mol. The van der Waals surface area contributed by atoms with Crippen molar-refractivity contribution in [2.24, 2.45) is 0 Å². The van der Waals surface area contributed by atoms with Crippen LogP contribution in [0.3, 0.4) is 0 Å². The highest BCUT2D eigenvalue weighted by Crippen LogP contribution is 2.39. The van der Waals surface area contributed by atoms with Crippen molar-refractivity contribution in [3.8, 4) is 17.0 Å².